The van der Waals surface area contributed by atoms with Gasteiger partial charge in [-0.2, -0.15) is 0 Å². The van der Waals surface area contributed by atoms with E-state index in [1.807, 2.05) is 6.92 Å². The number of halogens is 2. The highest BCUT2D eigenvalue weighted by Crippen LogP contribution is 2.36. The van der Waals surface area contributed by atoms with Crippen molar-refractivity contribution in [3.8, 4) is 11.5 Å². The lowest BCUT2D eigenvalue weighted by Crippen LogP contribution is -2.11. The van der Waals surface area contributed by atoms with E-state index in [9.17, 15) is 14.5 Å². The third-order valence-electron chi connectivity index (χ3n) is 3.50. The Balaban J connectivity index is 2.40. The van der Waals surface area contributed by atoms with Gasteiger partial charge in [0, 0.05) is 23.2 Å². The van der Waals surface area contributed by atoms with E-state index >= 15 is 0 Å². The van der Waals surface area contributed by atoms with Gasteiger partial charge in [-0.1, -0.05) is 24.6 Å². The Morgan fingerprint density at radius 1 is 1.39 bits per heavy atom. The zero-order chi connectivity index (χ0) is 17.1. The maximum absolute atomic E-state index is 14.6. The van der Waals surface area contributed by atoms with Crippen LogP contribution in [0.3, 0.4) is 0 Å². The second-order valence-electron chi connectivity index (χ2n) is 5.10. The van der Waals surface area contributed by atoms with E-state index < -0.39 is 16.8 Å². The molecule has 0 saturated carbocycles. The summed E-state index contributed by atoms with van der Waals surface area (Å²) in [5.74, 6) is -0.500. The van der Waals surface area contributed by atoms with Crippen molar-refractivity contribution < 1.29 is 14.1 Å². The molecular weight excluding hydrogens is 323 g/mol. The molecule has 2 N–H and O–H groups in total. The normalized spacial score (nSPS) is 12.0. The molecule has 0 fully saturated rings. The van der Waals surface area contributed by atoms with Crippen molar-refractivity contribution in [2.24, 2.45) is 5.73 Å². The zero-order valence-electron chi connectivity index (χ0n) is 12.7. The number of nitrogens with two attached hydrogens (primary N) is 1. The van der Waals surface area contributed by atoms with Crippen LogP contribution in [0.2, 0.25) is 5.02 Å². The molecule has 122 valence electrons. The molecule has 7 heteroatoms. The van der Waals surface area contributed by atoms with Gasteiger partial charge in [0.05, 0.1) is 9.95 Å². The molecule has 0 bridgehead atoms. The van der Waals surface area contributed by atoms with Crippen molar-refractivity contribution >= 4 is 17.3 Å². The van der Waals surface area contributed by atoms with Crippen LogP contribution in [0.5, 0.6) is 11.5 Å². The van der Waals surface area contributed by atoms with Gasteiger partial charge >= 0.3 is 0 Å². The van der Waals surface area contributed by atoms with Crippen molar-refractivity contribution in [3.63, 3.8) is 0 Å². The SMILES string of the molecule is CC[C@@H](N)c1ccc(Cl)c(Oc2ccc([N+](=O)[O-])c(C)c2)c1F. The lowest BCUT2D eigenvalue weighted by atomic mass is 10.0. The molecule has 0 saturated heterocycles. The van der Waals surface area contributed by atoms with Gasteiger partial charge in [0.25, 0.3) is 5.69 Å². The number of ether oxygens (including phenoxy) is 1. The Bertz CT molecular complexity index is 752. The highest BCUT2D eigenvalue weighted by atomic mass is 35.5. The lowest BCUT2D eigenvalue weighted by molar-refractivity contribution is -0.385. The molecule has 2 aromatic carbocycles. The topological polar surface area (TPSA) is 78.4 Å². The minimum absolute atomic E-state index is 0.0364. The quantitative estimate of drug-likeness (QED) is 0.621. The van der Waals surface area contributed by atoms with Crippen LogP contribution in [0, 0.1) is 22.9 Å². The monoisotopic (exact) mass is 338 g/mol. The van der Waals surface area contributed by atoms with Crippen molar-refractivity contribution in [1.82, 2.24) is 0 Å². The highest BCUT2D eigenvalue weighted by Gasteiger charge is 2.19. The van der Waals surface area contributed by atoms with Crippen LogP contribution in [0.25, 0.3) is 0 Å². The van der Waals surface area contributed by atoms with Crippen LogP contribution >= 0.6 is 11.6 Å². The van der Waals surface area contributed by atoms with Crippen molar-refractivity contribution in [1.29, 1.82) is 0 Å². The summed E-state index contributed by atoms with van der Waals surface area (Å²) in [6.07, 6.45) is 0.564. The smallest absolute Gasteiger partial charge is 0.272 e. The van der Waals surface area contributed by atoms with Gasteiger partial charge in [-0.15, -0.1) is 0 Å². The number of nitro benzene ring substituents is 1. The Hall–Kier alpha value is -2.18. The van der Waals surface area contributed by atoms with Gasteiger partial charge in [-0.25, -0.2) is 4.39 Å². The minimum Gasteiger partial charge on any atom is -0.453 e. The molecule has 0 unspecified atom stereocenters. The average molecular weight is 339 g/mol. The average Bonchev–Trinajstić information content (AvgIpc) is 2.50. The predicted octanol–water partition coefficient (Wildman–Crippen LogP) is 4.90. The fraction of sp³-hybridized carbons (Fsp3) is 0.250. The van der Waals surface area contributed by atoms with E-state index in [0.717, 1.165) is 0 Å². The second-order valence-corrected chi connectivity index (χ2v) is 5.51. The molecule has 0 amide bonds. The molecule has 5 nitrogen and oxygen atoms in total. The first-order valence-corrected chi connectivity index (χ1v) is 7.39. The molecule has 1 atom stereocenters. The fourth-order valence-electron chi connectivity index (χ4n) is 2.16. The summed E-state index contributed by atoms with van der Waals surface area (Å²) in [4.78, 5) is 10.3. The first-order chi connectivity index (χ1) is 10.8. The number of nitrogens with zero attached hydrogens (tertiary/aromatic N) is 1. The second kappa shape index (κ2) is 6.93. The van der Waals surface area contributed by atoms with Gasteiger partial charge in [-0.05, 0) is 31.5 Å². The summed E-state index contributed by atoms with van der Waals surface area (Å²) in [5.41, 5.74) is 6.55. The largest absolute Gasteiger partial charge is 0.453 e. The Kier molecular flexibility index (Phi) is 5.18. The molecule has 0 aliphatic carbocycles. The fourth-order valence-corrected chi connectivity index (χ4v) is 2.35. The molecule has 0 heterocycles. The van der Waals surface area contributed by atoms with Crippen molar-refractivity contribution in [2.75, 3.05) is 0 Å². The van der Waals surface area contributed by atoms with Crippen molar-refractivity contribution in [3.05, 3.63) is 62.4 Å². The van der Waals surface area contributed by atoms with Gasteiger partial charge in [0.2, 0.25) is 0 Å². The van der Waals surface area contributed by atoms with Crippen LogP contribution in [0.15, 0.2) is 30.3 Å². The summed E-state index contributed by atoms with van der Waals surface area (Å²) >= 11 is 6.01. The Morgan fingerprint density at radius 2 is 2.09 bits per heavy atom. The molecule has 0 aliphatic rings. The maximum Gasteiger partial charge on any atom is 0.272 e. The summed E-state index contributed by atoms with van der Waals surface area (Å²) in [6, 6.07) is 6.74. The maximum atomic E-state index is 14.6. The number of hydrogen-bond acceptors (Lipinski definition) is 4. The number of hydrogen-bond donors (Lipinski definition) is 1. The molecule has 0 aromatic heterocycles. The molecule has 23 heavy (non-hydrogen) atoms. The predicted molar refractivity (Wildman–Crippen MR) is 86.5 cm³/mol. The Labute approximate surface area is 138 Å². The number of nitro groups is 1. The number of benzene rings is 2. The number of rotatable bonds is 5. The van der Waals surface area contributed by atoms with E-state index in [1.54, 1.807) is 6.92 Å². The van der Waals surface area contributed by atoms with E-state index in [2.05, 4.69) is 0 Å². The van der Waals surface area contributed by atoms with E-state index in [-0.39, 0.29) is 22.2 Å². The Morgan fingerprint density at radius 3 is 2.65 bits per heavy atom. The van der Waals surface area contributed by atoms with Gasteiger partial charge in [-0.3, -0.25) is 10.1 Å². The molecule has 0 aliphatic heterocycles. The van der Waals surface area contributed by atoms with E-state index in [0.29, 0.717) is 17.5 Å². The standard InChI is InChI=1S/C16H16ClFN2O3/c1-3-13(19)11-5-6-12(17)16(15(11)18)23-10-4-7-14(20(21)22)9(2)8-10/h4-8,13H,3,19H2,1-2H3/t13-/m1/s1. The molecule has 2 aromatic rings. The van der Waals surface area contributed by atoms with Crippen LogP contribution in [-0.4, -0.2) is 4.92 Å². The summed E-state index contributed by atoms with van der Waals surface area (Å²) in [6.45, 7) is 3.42. The first-order valence-electron chi connectivity index (χ1n) is 7.01. The zero-order valence-corrected chi connectivity index (χ0v) is 13.4. The summed E-state index contributed by atoms with van der Waals surface area (Å²) in [7, 11) is 0. The first kappa shape index (κ1) is 17.2. The van der Waals surface area contributed by atoms with Crippen LogP contribution in [0.1, 0.15) is 30.5 Å². The van der Waals surface area contributed by atoms with E-state index in [4.69, 9.17) is 22.1 Å². The summed E-state index contributed by atoms with van der Waals surface area (Å²) in [5, 5.41) is 10.9. The molecular formula is C16H16ClFN2O3. The third kappa shape index (κ3) is 3.60. The minimum atomic E-state index is -0.622. The summed E-state index contributed by atoms with van der Waals surface area (Å²) < 4.78 is 20.1. The van der Waals surface area contributed by atoms with Crippen molar-refractivity contribution in [2.45, 2.75) is 26.3 Å². The molecule has 2 rings (SSSR count). The number of aryl methyl sites for hydroxylation is 1. The molecule has 0 radical (unpaired) electrons. The van der Waals surface area contributed by atoms with Crippen LogP contribution in [0.4, 0.5) is 10.1 Å². The van der Waals surface area contributed by atoms with Gasteiger partial charge < -0.3 is 10.5 Å². The van der Waals surface area contributed by atoms with Gasteiger partial charge in [0.15, 0.2) is 11.6 Å². The third-order valence-corrected chi connectivity index (χ3v) is 3.80. The highest BCUT2D eigenvalue weighted by molar-refractivity contribution is 6.32. The lowest BCUT2D eigenvalue weighted by Gasteiger charge is -2.15. The van der Waals surface area contributed by atoms with E-state index in [1.165, 1.54) is 30.3 Å². The van der Waals surface area contributed by atoms with Crippen LogP contribution < -0.4 is 10.5 Å². The molecule has 0 spiro atoms. The van der Waals surface area contributed by atoms with Crippen LogP contribution in [-0.2, 0) is 0 Å². The van der Waals surface area contributed by atoms with Gasteiger partial charge in [0.1, 0.15) is 5.75 Å².